The van der Waals surface area contributed by atoms with Crippen molar-refractivity contribution in [1.82, 2.24) is 18.9 Å². The number of nitrogens with zero attached hydrogens (tertiary/aromatic N) is 4. The lowest BCUT2D eigenvalue weighted by molar-refractivity contribution is -0.141. The van der Waals surface area contributed by atoms with E-state index in [2.05, 4.69) is 35.4 Å². The maximum Gasteiger partial charge on any atom is 0.326 e. The van der Waals surface area contributed by atoms with Crippen LogP contribution in [0.15, 0.2) is 36.4 Å². The number of amides is 2. The summed E-state index contributed by atoms with van der Waals surface area (Å²) in [5.74, 6) is 1.64. The second-order valence-electron chi connectivity index (χ2n) is 18.1. The molecular formula is C49H66N4O7. The molecule has 0 saturated carbocycles. The molecule has 4 atom stereocenters. The quantitative estimate of drug-likeness (QED) is 0.173. The lowest BCUT2D eigenvalue weighted by Gasteiger charge is -2.33. The zero-order valence-electron chi connectivity index (χ0n) is 36.9. The van der Waals surface area contributed by atoms with E-state index in [9.17, 15) is 24.3 Å². The highest BCUT2D eigenvalue weighted by atomic mass is 16.5. The van der Waals surface area contributed by atoms with Crippen molar-refractivity contribution in [2.45, 2.75) is 110 Å². The molecular weight excluding hydrogens is 757 g/mol. The zero-order valence-corrected chi connectivity index (χ0v) is 36.9. The number of fused-ring (bicyclic) bond motifs is 6. The molecule has 4 heterocycles. The Morgan fingerprint density at radius 2 is 1.08 bits per heavy atom. The molecule has 0 spiro atoms. The van der Waals surface area contributed by atoms with Gasteiger partial charge in [0.25, 0.3) is 11.8 Å². The first kappa shape index (κ1) is 43.6. The fraction of sp³-hybridized carbons (Fsp3) is 0.592. The highest BCUT2D eigenvalue weighted by molar-refractivity contribution is 6.02. The summed E-state index contributed by atoms with van der Waals surface area (Å²) >= 11 is 0. The van der Waals surface area contributed by atoms with Crippen LogP contribution in [-0.2, 0) is 58.8 Å². The summed E-state index contributed by atoms with van der Waals surface area (Å²) in [7, 11) is 7.55. The molecule has 1 N–H and O–H groups in total. The summed E-state index contributed by atoms with van der Waals surface area (Å²) in [6, 6.07) is 10.6. The summed E-state index contributed by atoms with van der Waals surface area (Å²) in [6.07, 6.45) is 12.7. The summed E-state index contributed by atoms with van der Waals surface area (Å²) in [6.45, 7) is 8.88. The van der Waals surface area contributed by atoms with E-state index in [1.54, 1.807) is 19.0 Å². The number of likely N-dealkylation sites (N-methyl/N-ethyl adjacent to an activating group) is 2. The van der Waals surface area contributed by atoms with E-state index in [4.69, 9.17) is 9.47 Å². The van der Waals surface area contributed by atoms with Crippen LogP contribution in [0.5, 0.6) is 0 Å². The number of hydrogen-bond donors (Lipinski definition) is 1. The number of aryl methyl sites for hydroxylation is 2. The van der Waals surface area contributed by atoms with Gasteiger partial charge in [0, 0.05) is 105 Å². The van der Waals surface area contributed by atoms with Crippen LogP contribution in [0.2, 0.25) is 0 Å². The number of benzene rings is 2. The minimum atomic E-state index is -1.00. The third-order valence-corrected chi connectivity index (χ3v) is 14.8. The van der Waals surface area contributed by atoms with E-state index in [0.717, 1.165) is 94.1 Å². The Morgan fingerprint density at radius 3 is 1.48 bits per heavy atom. The van der Waals surface area contributed by atoms with Crippen LogP contribution in [0.25, 0.3) is 21.8 Å². The Labute approximate surface area is 355 Å². The van der Waals surface area contributed by atoms with Gasteiger partial charge in [0.15, 0.2) is 5.78 Å². The van der Waals surface area contributed by atoms with Crippen molar-refractivity contribution in [3.63, 3.8) is 0 Å². The van der Waals surface area contributed by atoms with Gasteiger partial charge < -0.3 is 33.5 Å². The maximum absolute atomic E-state index is 13.2. The molecule has 2 unspecified atom stereocenters. The van der Waals surface area contributed by atoms with Crippen molar-refractivity contribution in [3.05, 3.63) is 70.0 Å². The normalized spacial score (nSPS) is 20.7. The molecule has 0 radical (unpaired) electrons. The zero-order chi connectivity index (χ0) is 42.8. The van der Waals surface area contributed by atoms with Gasteiger partial charge in [-0.25, -0.2) is 4.79 Å². The van der Waals surface area contributed by atoms with Gasteiger partial charge in [-0.3, -0.25) is 14.4 Å². The molecule has 2 saturated heterocycles. The van der Waals surface area contributed by atoms with Crippen LogP contribution in [0.3, 0.4) is 0 Å². The van der Waals surface area contributed by atoms with E-state index < -0.39 is 18.1 Å². The number of carboxylic acids is 1. The van der Waals surface area contributed by atoms with Crippen LogP contribution < -0.4 is 0 Å². The highest BCUT2D eigenvalue weighted by Gasteiger charge is 2.33. The maximum atomic E-state index is 13.2. The average Bonchev–Trinajstić information content (AvgIpc) is 3.73. The molecule has 2 aliphatic carbocycles. The molecule has 4 aliphatic rings. The van der Waals surface area contributed by atoms with Crippen LogP contribution >= 0.6 is 0 Å². The Balaban J connectivity index is 0.000000182. The number of carbonyl (C=O) groups is 4. The smallest absolute Gasteiger partial charge is 0.326 e. The fourth-order valence-electron chi connectivity index (χ4n) is 10.7. The van der Waals surface area contributed by atoms with Crippen LogP contribution in [0.1, 0.15) is 115 Å². The third kappa shape index (κ3) is 8.67. The van der Waals surface area contributed by atoms with E-state index >= 15 is 0 Å². The van der Waals surface area contributed by atoms with Crippen LogP contribution in [-0.4, -0.2) is 100 Å². The predicted octanol–water partition coefficient (Wildman–Crippen LogP) is 7.79. The van der Waals surface area contributed by atoms with Gasteiger partial charge in [0.1, 0.15) is 6.04 Å². The summed E-state index contributed by atoms with van der Waals surface area (Å²) in [5, 5.41) is 11.6. The van der Waals surface area contributed by atoms with E-state index in [1.807, 2.05) is 38.1 Å². The Kier molecular flexibility index (Phi) is 13.5. The van der Waals surface area contributed by atoms with Crippen molar-refractivity contribution < 1.29 is 33.8 Å². The summed E-state index contributed by atoms with van der Waals surface area (Å²) < 4.78 is 15.7. The number of ether oxygens (including phenoxy) is 2. The predicted molar refractivity (Wildman–Crippen MR) is 235 cm³/mol. The number of aliphatic carboxylic acids is 1. The highest BCUT2D eigenvalue weighted by Crippen LogP contribution is 2.41. The number of Topliss-reactive ketones (excluding diaryl/α,β-unsaturated/α-hetero) is 1. The summed E-state index contributed by atoms with van der Waals surface area (Å²) in [4.78, 5) is 52.5. The lowest BCUT2D eigenvalue weighted by atomic mass is 9.75. The molecule has 2 aliphatic heterocycles. The number of carbonyl (C=O) groups excluding carboxylic acids is 3. The van der Waals surface area contributed by atoms with Gasteiger partial charge in [-0.05, 0) is 156 Å². The average molecular weight is 823 g/mol. The van der Waals surface area contributed by atoms with Gasteiger partial charge in [0.05, 0.1) is 6.04 Å². The fourth-order valence-corrected chi connectivity index (χ4v) is 10.7. The molecule has 60 heavy (non-hydrogen) atoms. The van der Waals surface area contributed by atoms with E-state index in [0.29, 0.717) is 29.4 Å². The topological polar surface area (TPSA) is 123 Å². The minimum Gasteiger partial charge on any atom is -0.480 e. The molecule has 11 nitrogen and oxygen atoms in total. The molecule has 0 bridgehead atoms. The molecule has 4 aromatic rings. The molecule has 11 heteroatoms. The van der Waals surface area contributed by atoms with Gasteiger partial charge in [0.2, 0.25) is 0 Å². The van der Waals surface area contributed by atoms with Gasteiger partial charge in [-0.1, -0.05) is 6.92 Å². The lowest BCUT2D eigenvalue weighted by Crippen LogP contribution is -2.40. The second-order valence-corrected chi connectivity index (χ2v) is 18.1. The number of aromatic nitrogens is 2. The third-order valence-electron chi connectivity index (χ3n) is 14.8. The van der Waals surface area contributed by atoms with Gasteiger partial charge in [-0.15, -0.1) is 0 Å². The molecule has 8 rings (SSSR count). The SMILES string of the molecule is CCCC(=O)[C@@H](C)N(C)C(=O)c1ccc2c(c1)c1c(n2C)CCC(C2CCOCC2)C1.C[C@H](C(=O)O)N(C)C(=O)c1ccc2c(c1)c1c(n2C)CCC(C2CCOCC2)C1. The first-order valence-electron chi connectivity index (χ1n) is 22.5. The van der Waals surface area contributed by atoms with Crippen molar-refractivity contribution in [2.24, 2.45) is 37.8 Å². The van der Waals surface area contributed by atoms with Crippen molar-refractivity contribution in [2.75, 3.05) is 40.5 Å². The minimum absolute atomic E-state index is 0.0757. The first-order chi connectivity index (χ1) is 28.8. The Bertz CT molecular complexity index is 2220. The molecule has 324 valence electrons. The number of carboxylic acid groups (broad SMARTS) is 1. The Hall–Kier alpha value is -4.48. The summed E-state index contributed by atoms with van der Waals surface area (Å²) in [5.41, 5.74) is 9.16. The molecule has 2 fully saturated rings. The monoisotopic (exact) mass is 822 g/mol. The van der Waals surface area contributed by atoms with Crippen molar-refractivity contribution >= 4 is 45.4 Å². The first-order valence-corrected chi connectivity index (χ1v) is 22.5. The van der Waals surface area contributed by atoms with Crippen LogP contribution in [0.4, 0.5) is 0 Å². The van der Waals surface area contributed by atoms with E-state index in [1.165, 1.54) is 70.9 Å². The van der Waals surface area contributed by atoms with Gasteiger partial charge >= 0.3 is 5.97 Å². The van der Waals surface area contributed by atoms with Crippen molar-refractivity contribution in [1.29, 1.82) is 0 Å². The van der Waals surface area contributed by atoms with Gasteiger partial charge in [-0.2, -0.15) is 0 Å². The Morgan fingerprint density at radius 1 is 0.667 bits per heavy atom. The number of hydrogen-bond acceptors (Lipinski definition) is 6. The molecule has 2 amide bonds. The second kappa shape index (κ2) is 18.6. The molecule has 2 aromatic carbocycles. The van der Waals surface area contributed by atoms with Crippen molar-refractivity contribution in [3.8, 4) is 0 Å². The standard InChI is InChI=1S/C26H36N2O3.C23H30N2O4/c1-5-6-25(29)17(2)27(3)26(30)20-8-10-24-22(16-20)21-15-19(7-9-23(21)28(24)4)18-11-13-31-14-12-18;1-14(23(27)28)24(2)22(26)17-5-7-21-19(13-17)18-12-16(4-6-20(18)25(21)3)15-8-10-29-11-9-15/h8,10,16-19H,5-7,9,11-15H2,1-4H3;5,7,13-16H,4,6,8-12H2,1-3H3,(H,27,28)/t17-,19?;14-,16?/m11/s1. The number of ketones is 1. The van der Waals surface area contributed by atoms with E-state index in [-0.39, 0.29) is 17.6 Å². The largest absolute Gasteiger partial charge is 0.480 e. The number of rotatable bonds is 10. The molecule has 2 aromatic heterocycles. The van der Waals surface area contributed by atoms with Crippen LogP contribution in [0, 0.1) is 23.7 Å².